The Bertz CT molecular complexity index is 785. The largest absolute Gasteiger partial charge is 0.484 e. The van der Waals surface area contributed by atoms with Crippen LogP contribution in [-0.4, -0.2) is 36.2 Å². The second kappa shape index (κ2) is 8.11. The van der Waals surface area contributed by atoms with Crippen molar-refractivity contribution in [1.29, 1.82) is 0 Å². The van der Waals surface area contributed by atoms with Gasteiger partial charge in [0.2, 0.25) is 0 Å². The standard InChI is InChI=1S/C16H18N2O6/c17-12(16(21)22)2-1-7-18-14(19)9-23-11-5-3-10-4-6-15(20)24-13(10)8-11/h3-6,8,12H,1-2,7,9,17H2,(H,18,19)(H,21,22)/t12-/m0/s1. The Hall–Kier alpha value is -2.87. The van der Waals surface area contributed by atoms with Gasteiger partial charge in [-0.05, 0) is 31.0 Å². The van der Waals surface area contributed by atoms with Gasteiger partial charge in [-0.15, -0.1) is 0 Å². The Morgan fingerprint density at radius 3 is 2.79 bits per heavy atom. The molecule has 1 aromatic heterocycles. The first-order chi connectivity index (χ1) is 11.5. The zero-order chi connectivity index (χ0) is 17.5. The summed E-state index contributed by atoms with van der Waals surface area (Å²) in [7, 11) is 0. The number of hydrogen-bond acceptors (Lipinski definition) is 6. The third-order valence-corrected chi connectivity index (χ3v) is 3.30. The van der Waals surface area contributed by atoms with Crippen molar-refractivity contribution >= 4 is 22.8 Å². The third kappa shape index (κ3) is 5.10. The molecule has 4 N–H and O–H groups in total. The zero-order valence-corrected chi connectivity index (χ0v) is 12.9. The van der Waals surface area contributed by atoms with E-state index in [-0.39, 0.29) is 18.9 Å². The summed E-state index contributed by atoms with van der Waals surface area (Å²) in [6.07, 6.45) is 0.737. The van der Waals surface area contributed by atoms with E-state index < -0.39 is 17.6 Å². The van der Waals surface area contributed by atoms with Gasteiger partial charge in [-0.1, -0.05) is 0 Å². The minimum absolute atomic E-state index is 0.201. The third-order valence-electron chi connectivity index (χ3n) is 3.30. The number of ether oxygens (including phenoxy) is 1. The molecule has 0 aliphatic carbocycles. The number of aliphatic carboxylic acids is 1. The molecule has 0 spiro atoms. The molecule has 1 aromatic carbocycles. The number of hydrogen-bond donors (Lipinski definition) is 3. The number of amides is 1. The lowest BCUT2D eigenvalue weighted by Gasteiger charge is -2.09. The van der Waals surface area contributed by atoms with E-state index >= 15 is 0 Å². The Morgan fingerprint density at radius 1 is 1.29 bits per heavy atom. The van der Waals surface area contributed by atoms with Crippen LogP contribution < -0.4 is 21.4 Å². The van der Waals surface area contributed by atoms with E-state index in [4.69, 9.17) is 20.0 Å². The average Bonchev–Trinajstić information content (AvgIpc) is 2.56. The lowest BCUT2D eigenvalue weighted by atomic mass is 10.2. The lowest BCUT2D eigenvalue weighted by molar-refractivity contribution is -0.138. The van der Waals surface area contributed by atoms with Crippen molar-refractivity contribution in [2.24, 2.45) is 5.73 Å². The summed E-state index contributed by atoms with van der Waals surface area (Å²) < 4.78 is 10.4. The zero-order valence-electron chi connectivity index (χ0n) is 12.9. The van der Waals surface area contributed by atoms with Gasteiger partial charge in [0.15, 0.2) is 6.61 Å². The summed E-state index contributed by atoms with van der Waals surface area (Å²) in [5, 5.41) is 12.0. The van der Waals surface area contributed by atoms with E-state index in [1.165, 1.54) is 12.1 Å². The maximum Gasteiger partial charge on any atom is 0.336 e. The molecule has 8 heteroatoms. The summed E-state index contributed by atoms with van der Waals surface area (Å²) >= 11 is 0. The van der Waals surface area contributed by atoms with E-state index in [1.807, 2.05) is 0 Å². The fourth-order valence-electron chi connectivity index (χ4n) is 2.00. The average molecular weight is 334 g/mol. The van der Waals surface area contributed by atoms with Gasteiger partial charge in [0.05, 0.1) is 0 Å². The van der Waals surface area contributed by atoms with Gasteiger partial charge in [-0.3, -0.25) is 9.59 Å². The molecule has 0 aliphatic heterocycles. The summed E-state index contributed by atoms with van der Waals surface area (Å²) in [5.41, 5.74) is 5.27. The van der Waals surface area contributed by atoms with Crippen molar-refractivity contribution in [2.45, 2.75) is 18.9 Å². The molecular weight excluding hydrogens is 316 g/mol. The van der Waals surface area contributed by atoms with Gasteiger partial charge >= 0.3 is 11.6 Å². The van der Waals surface area contributed by atoms with Gasteiger partial charge in [0, 0.05) is 24.1 Å². The Morgan fingerprint density at radius 2 is 2.04 bits per heavy atom. The molecule has 1 amide bonds. The van der Waals surface area contributed by atoms with Crippen LogP contribution in [0.1, 0.15) is 12.8 Å². The molecule has 0 saturated heterocycles. The molecule has 0 bridgehead atoms. The molecule has 0 unspecified atom stereocenters. The number of benzene rings is 1. The lowest BCUT2D eigenvalue weighted by Crippen LogP contribution is -2.33. The molecule has 128 valence electrons. The number of nitrogens with one attached hydrogen (secondary N) is 1. The maximum absolute atomic E-state index is 11.7. The minimum atomic E-state index is -1.06. The van der Waals surface area contributed by atoms with E-state index in [0.717, 1.165) is 5.39 Å². The smallest absolute Gasteiger partial charge is 0.336 e. The quantitative estimate of drug-likeness (QED) is 0.472. The highest BCUT2D eigenvalue weighted by Gasteiger charge is 2.10. The molecule has 0 saturated carbocycles. The van der Waals surface area contributed by atoms with Crippen LogP contribution in [0.15, 0.2) is 39.5 Å². The predicted molar refractivity (Wildman–Crippen MR) is 85.8 cm³/mol. The molecule has 24 heavy (non-hydrogen) atoms. The van der Waals surface area contributed by atoms with Crippen LogP contribution in [0.5, 0.6) is 5.75 Å². The normalized spacial score (nSPS) is 11.9. The molecule has 1 heterocycles. The van der Waals surface area contributed by atoms with Crippen LogP contribution in [0.3, 0.4) is 0 Å². The van der Waals surface area contributed by atoms with Crippen LogP contribution in [0.25, 0.3) is 11.0 Å². The number of carboxylic acid groups (broad SMARTS) is 1. The van der Waals surface area contributed by atoms with Crippen molar-refractivity contribution in [3.8, 4) is 5.75 Å². The minimum Gasteiger partial charge on any atom is -0.484 e. The number of carboxylic acids is 1. The molecule has 8 nitrogen and oxygen atoms in total. The highest BCUT2D eigenvalue weighted by molar-refractivity contribution is 5.79. The van der Waals surface area contributed by atoms with Crippen LogP contribution in [0.4, 0.5) is 0 Å². The second-order valence-corrected chi connectivity index (χ2v) is 5.18. The molecule has 0 fully saturated rings. The number of carbonyl (C=O) groups excluding carboxylic acids is 1. The van der Waals surface area contributed by atoms with Crippen LogP contribution in [0, 0.1) is 0 Å². The van der Waals surface area contributed by atoms with Crippen molar-refractivity contribution in [2.75, 3.05) is 13.2 Å². The van der Waals surface area contributed by atoms with Crippen LogP contribution in [-0.2, 0) is 9.59 Å². The Balaban J connectivity index is 1.77. The van der Waals surface area contributed by atoms with Gasteiger partial charge in [0.1, 0.15) is 17.4 Å². The van der Waals surface area contributed by atoms with Gasteiger partial charge < -0.3 is 25.3 Å². The number of rotatable bonds is 8. The molecule has 2 rings (SSSR count). The topological polar surface area (TPSA) is 132 Å². The molecule has 0 aliphatic rings. The van der Waals surface area contributed by atoms with E-state index in [2.05, 4.69) is 5.32 Å². The van der Waals surface area contributed by atoms with Gasteiger partial charge in [0.25, 0.3) is 5.91 Å². The second-order valence-electron chi connectivity index (χ2n) is 5.18. The molecule has 2 aromatic rings. The molecule has 0 radical (unpaired) electrons. The highest BCUT2D eigenvalue weighted by atomic mass is 16.5. The van der Waals surface area contributed by atoms with Crippen molar-refractivity contribution in [3.05, 3.63) is 40.8 Å². The summed E-state index contributed by atoms with van der Waals surface area (Å²) in [6.45, 7) is 0.114. The van der Waals surface area contributed by atoms with Gasteiger partial charge in [-0.25, -0.2) is 4.79 Å². The predicted octanol–water partition coefficient (Wildman–Crippen LogP) is 0.480. The fraction of sp³-hybridized carbons (Fsp3) is 0.312. The number of nitrogens with two attached hydrogens (primary N) is 1. The first-order valence-corrected chi connectivity index (χ1v) is 7.37. The van der Waals surface area contributed by atoms with E-state index in [0.29, 0.717) is 24.3 Å². The molecule has 1 atom stereocenters. The van der Waals surface area contributed by atoms with Crippen LogP contribution in [0.2, 0.25) is 0 Å². The summed E-state index contributed by atoms with van der Waals surface area (Å²) in [4.78, 5) is 33.4. The van der Waals surface area contributed by atoms with E-state index in [1.54, 1.807) is 18.2 Å². The Kier molecular flexibility index (Phi) is 5.91. The van der Waals surface area contributed by atoms with Crippen molar-refractivity contribution in [1.82, 2.24) is 5.32 Å². The fourth-order valence-corrected chi connectivity index (χ4v) is 2.00. The first-order valence-electron chi connectivity index (χ1n) is 7.37. The monoisotopic (exact) mass is 334 g/mol. The van der Waals surface area contributed by atoms with Crippen LogP contribution >= 0.6 is 0 Å². The van der Waals surface area contributed by atoms with Crippen molar-refractivity contribution < 1.29 is 23.8 Å². The van der Waals surface area contributed by atoms with Crippen molar-refractivity contribution in [3.63, 3.8) is 0 Å². The number of carbonyl (C=O) groups is 2. The maximum atomic E-state index is 11.7. The number of fused-ring (bicyclic) bond motifs is 1. The highest BCUT2D eigenvalue weighted by Crippen LogP contribution is 2.19. The molecular formula is C16H18N2O6. The van der Waals surface area contributed by atoms with E-state index in [9.17, 15) is 14.4 Å². The first kappa shape index (κ1) is 17.5. The Labute approximate surface area is 137 Å². The van der Waals surface area contributed by atoms with Gasteiger partial charge in [-0.2, -0.15) is 0 Å². The SMILES string of the molecule is N[C@@H](CCCNC(=O)COc1ccc2ccc(=O)oc2c1)C(=O)O. The summed E-state index contributed by atoms with van der Waals surface area (Å²) in [6, 6.07) is 6.97. The summed E-state index contributed by atoms with van der Waals surface area (Å²) in [5.74, 6) is -0.999.